The highest BCUT2D eigenvalue weighted by atomic mass is 16.6. The quantitative estimate of drug-likeness (QED) is 0.519. The second-order valence-corrected chi connectivity index (χ2v) is 4.45. The van der Waals surface area contributed by atoms with E-state index in [9.17, 15) is 10.2 Å². The molecule has 0 amide bonds. The number of fused-ring (bicyclic) bond motifs is 1. The van der Waals surface area contributed by atoms with Crippen LogP contribution >= 0.6 is 0 Å². The van der Waals surface area contributed by atoms with Gasteiger partial charge in [-0.25, -0.2) is 9.97 Å². The van der Waals surface area contributed by atoms with Crippen LogP contribution in [0.25, 0.3) is 5.65 Å². The van der Waals surface area contributed by atoms with Gasteiger partial charge in [0.25, 0.3) is 0 Å². The second-order valence-electron chi connectivity index (χ2n) is 4.45. The molecule has 1 aliphatic heterocycles. The lowest BCUT2D eigenvalue weighted by Crippen LogP contribution is -2.32. The predicted octanol–water partition coefficient (Wildman–Crippen LogP) is -1.53. The zero-order valence-electron chi connectivity index (χ0n) is 9.92. The Morgan fingerprint density at radius 2 is 2.11 bits per heavy atom. The SMILES string of the molecule is Nc1nccn2c([C@@H]3O[C@H](CO)[C@@H](O)[C@H]3O)cnc12. The molecule has 2 aromatic heterocycles. The molecule has 3 rings (SSSR count). The number of rotatable bonds is 2. The summed E-state index contributed by atoms with van der Waals surface area (Å²) < 4.78 is 7.10. The molecule has 4 atom stereocenters. The number of aliphatic hydroxyl groups excluding tert-OH is 3. The van der Waals surface area contributed by atoms with E-state index in [4.69, 9.17) is 15.6 Å². The fourth-order valence-corrected chi connectivity index (χ4v) is 2.31. The summed E-state index contributed by atoms with van der Waals surface area (Å²) in [5, 5.41) is 28.8. The molecule has 19 heavy (non-hydrogen) atoms. The molecule has 3 heterocycles. The number of imidazole rings is 1. The molecule has 8 heteroatoms. The van der Waals surface area contributed by atoms with Gasteiger partial charge in [0.2, 0.25) is 0 Å². The van der Waals surface area contributed by atoms with E-state index in [0.717, 1.165) is 0 Å². The smallest absolute Gasteiger partial charge is 0.180 e. The Morgan fingerprint density at radius 3 is 2.79 bits per heavy atom. The third-order valence-electron chi connectivity index (χ3n) is 3.32. The summed E-state index contributed by atoms with van der Waals surface area (Å²) in [7, 11) is 0. The van der Waals surface area contributed by atoms with Crippen molar-refractivity contribution in [3.05, 3.63) is 24.3 Å². The second kappa shape index (κ2) is 4.42. The Balaban J connectivity index is 2.04. The number of anilines is 1. The highest BCUT2D eigenvalue weighted by Crippen LogP contribution is 2.33. The zero-order valence-corrected chi connectivity index (χ0v) is 9.92. The fourth-order valence-electron chi connectivity index (χ4n) is 2.31. The van der Waals surface area contributed by atoms with Gasteiger partial charge in [-0.05, 0) is 0 Å². The molecule has 8 nitrogen and oxygen atoms in total. The lowest BCUT2D eigenvalue weighted by molar-refractivity contribution is -0.0241. The van der Waals surface area contributed by atoms with Crippen molar-refractivity contribution in [2.45, 2.75) is 24.4 Å². The molecule has 1 saturated heterocycles. The van der Waals surface area contributed by atoms with Crippen LogP contribution in [0.4, 0.5) is 5.82 Å². The minimum atomic E-state index is -1.14. The zero-order chi connectivity index (χ0) is 13.6. The Hall–Kier alpha value is -1.74. The van der Waals surface area contributed by atoms with Gasteiger partial charge < -0.3 is 25.8 Å². The predicted molar refractivity (Wildman–Crippen MR) is 64.1 cm³/mol. The van der Waals surface area contributed by atoms with Crippen LogP contribution in [0.2, 0.25) is 0 Å². The van der Waals surface area contributed by atoms with E-state index in [1.54, 1.807) is 10.6 Å². The van der Waals surface area contributed by atoms with E-state index >= 15 is 0 Å². The monoisotopic (exact) mass is 266 g/mol. The van der Waals surface area contributed by atoms with E-state index in [-0.39, 0.29) is 12.4 Å². The molecular formula is C11H14N4O4. The number of nitrogens with zero attached hydrogens (tertiary/aromatic N) is 3. The largest absolute Gasteiger partial charge is 0.394 e. The number of nitrogens with two attached hydrogens (primary N) is 1. The summed E-state index contributed by atoms with van der Waals surface area (Å²) in [4.78, 5) is 8.03. The van der Waals surface area contributed by atoms with Crippen LogP contribution in [0.3, 0.4) is 0 Å². The van der Waals surface area contributed by atoms with Crippen LogP contribution in [0.5, 0.6) is 0 Å². The molecule has 2 aromatic rings. The van der Waals surface area contributed by atoms with E-state index in [0.29, 0.717) is 11.3 Å². The molecular weight excluding hydrogens is 252 g/mol. The molecule has 0 spiro atoms. The van der Waals surface area contributed by atoms with Crippen LogP contribution in [0, 0.1) is 0 Å². The van der Waals surface area contributed by atoms with Gasteiger partial charge in [-0.1, -0.05) is 0 Å². The summed E-state index contributed by atoms with van der Waals surface area (Å²) >= 11 is 0. The molecule has 0 radical (unpaired) electrons. The van der Waals surface area contributed by atoms with Gasteiger partial charge in [0.05, 0.1) is 18.5 Å². The first kappa shape index (κ1) is 12.3. The number of ether oxygens (including phenoxy) is 1. The molecule has 0 saturated carbocycles. The third-order valence-corrected chi connectivity index (χ3v) is 3.32. The van der Waals surface area contributed by atoms with Gasteiger partial charge in [-0.15, -0.1) is 0 Å². The average molecular weight is 266 g/mol. The van der Waals surface area contributed by atoms with Gasteiger partial charge >= 0.3 is 0 Å². The van der Waals surface area contributed by atoms with Crippen LogP contribution < -0.4 is 5.73 Å². The first-order chi connectivity index (χ1) is 9.13. The Bertz CT molecular complexity index is 601. The molecule has 0 aromatic carbocycles. The van der Waals surface area contributed by atoms with Crippen molar-refractivity contribution >= 4 is 11.5 Å². The Labute approximate surface area is 108 Å². The molecule has 0 bridgehead atoms. The van der Waals surface area contributed by atoms with Crippen molar-refractivity contribution in [2.75, 3.05) is 12.3 Å². The van der Waals surface area contributed by atoms with Crippen LogP contribution in [0.1, 0.15) is 11.8 Å². The number of hydrogen-bond acceptors (Lipinski definition) is 7. The summed E-state index contributed by atoms with van der Waals surface area (Å²) in [6, 6.07) is 0. The average Bonchev–Trinajstić information content (AvgIpc) is 2.94. The molecule has 0 aliphatic carbocycles. The number of aliphatic hydroxyl groups is 3. The van der Waals surface area contributed by atoms with Crippen molar-refractivity contribution in [1.29, 1.82) is 0 Å². The lowest BCUT2D eigenvalue weighted by atomic mass is 10.1. The summed E-state index contributed by atoms with van der Waals surface area (Å²) in [6.07, 6.45) is 0.797. The van der Waals surface area contributed by atoms with Crippen LogP contribution in [0.15, 0.2) is 18.6 Å². The molecule has 0 unspecified atom stereocenters. The molecule has 5 N–H and O–H groups in total. The maximum Gasteiger partial charge on any atom is 0.180 e. The Morgan fingerprint density at radius 1 is 1.32 bits per heavy atom. The van der Waals surface area contributed by atoms with Gasteiger partial charge in [-0.2, -0.15) is 0 Å². The topological polar surface area (TPSA) is 126 Å². The maximum absolute atomic E-state index is 9.99. The van der Waals surface area contributed by atoms with E-state index in [1.807, 2.05) is 0 Å². The minimum Gasteiger partial charge on any atom is -0.394 e. The first-order valence-electron chi connectivity index (χ1n) is 5.83. The maximum atomic E-state index is 9.99. The molecule has 102 valence electrons. The van der Waals surface area contributed by atoms with Crippen molar-refractivity contribution in [3.63, 3.8) is 0 Å². The van der Waals surface area contributed by atoms with Crippen LogP contribution in [-0.2, 0) is 4.74 Å². The minimum absolute atomic E-state index is 0.264. The van der Waals surface area contributed by atoms with Gasteiger partial charge in [0.15, 0.2) is 11.5 Å². The highest BCUT2D eigenvalue weighted by Gasteiger charge is 2.44. The standard InChI is InChI=1S/C11H14N4O4/c12-10-11-14-3-5(15(11)2-1-13-10)9-8(18)7(17)6(4-16)19-9/h1-3,6-9,16-18H,4H2,(H2,12,13)/t6-,7-,8-,9+/m1/s1. The van der Waals surface area contributed by atoms with E-state index < -0.39 is 24.4 Å². The molecule has 1 fully saturated rings. The normalized spacial score (nSPS) is 31.1. The van der Waals surface area contributed by atoms with Crippen molar-refractivity contribution < 1.29 is 20.1 Å². The Kier molecular flexibility index (Phi) is 2.86. The van der Waals surface area contributed by atoms with Crippen molar-refractivity contribution in [2.24, 2.45) is 0 Å². The summed E-state index contributed by atoms with van der Waals surface area (Å²) in [6.45, 7) is -0.366. The number of nitrogen functional groups attached to an aromatic ring is 1. The first-order valence-corrected chi connectivity index (χ1v) is 5.83. The van der Waals surface area contributed by atoms with Crippen LogP contribution in [-0.4, -0.2) is 54.6 Å². The summed E-state index contributed by atoms with van der Waals surface area (Å²) in [5.74, 6) is 0.264. The number of hydrogen-bond donors (Lipinski definition) is 4. The van der Waals surface area contributed by atoms with Crippen molar-refractivity contribution in [3.8, 4) is 0 Å². The van der Waals surface area contributed by atoms with Gasteiger partial charge in [0, 0.05) is 12.4 Å². The van der Waals surface area contributed by atoms with E-state index in [2.05, 4.69) is 9.97 Å². The highest BCUT2D eigenvalue weighted by molar-refractivity contribution is 5.59. The van der Waals surface area contributed by atoms with E-state index in [1.165, 1.54) is 12.4 Å². The van der Waals surface area contributed by atoms with Gasteiger partial charge in [-0.3, -0.25) is 4.40 Å². The lowest BCUT2D eigenvalue weighted by Gasteiger charge is -2.14. The number of aromatic nitrogens is 3. The summed E-state index contributed by atoms with van der Waals surface area (Å²) in [5.41, 5.74) is 6.70. The van der Waals surface area contributed by atoms with Crippen molar-refractivity contribution in [1.82, 2.24) is 14.4 Å². The van der Waals surface area contributed by atoms with Gasteiger partial charge in [0.1, 0.15) is 24.4 Å². The molecule has 1 aliphatic rings. The third kappa shape index (κ3) is 1.77. The fraction of sp³-hybridized carbons (Fsp3) is 0.455.